The van der Waals surface area contributed by atoms with Crippen molar-refractivity contribution in [3.63, 3.8) is 0 Å². The summed E-state index contributed by atoms with van der Waals surface area (Å²) in [5.41, 5.74) is 1.38. The van der Waals surface area contributed by atoms with Gasteiger partial charge in [0.1, 0.15) is 5.75 Å². The third-order valence-corrected chi connectivity index (χ3v) is 3.96. The Kier molecular flexibility index (Phi) is 3.03. The summed E-state index contributed by atoms with van der Waals surface area (Å²) in [5.74, 6) is 0.905. The third kappa shape index (κ3) is 1.91. The van der Waals surface area contributed by atoms with Crippen LogP contribution < -0.4 is 10.1 Å². The maximum Gasteiger partial charge on any atom is 0.133 e. The van der Waals surface area contributed by atoms with Crippen LogP contribution in [0.3, 0.4) is 0 Å². The molecule has 1 unspecified atom stereocenters. The maximum atomic E-state index is 5.32. The fourth-order valence-corrected chi connectivity index (χ4v) is 3.08. The van der Waals surface area contributed by atoms with Gasteiger partial charge in [0.15, 0.2) is 0 Å². The molecular weight excluding hydrogens is 254 g/mol. The summed E-state index contributed by atoms with van der Waals surface area (Å²) in [6.07, 6.45) is 2.42. The SMILES string of the molecule is COc1cccc(C2(C)CCCN2)c1Br. The van der Waals surface area contributed by atoms with Crippen LogP contribution in [0.2, 0.25) is 0 Å². The number of rotatable bonds is 2. The van der Waals surface area contributed by atoms with E-state index >= 15 is 0 Å². The second-order valence-electron chi connectivity index (χ2n) is 4.18. The first-order valence-corrected chi connectivity index (χ1v) is 6.05. The average molecular weight is 270 g/mol. The van der Waals surface area contributed by atoms with Crippen molar-refractivity contribution in [3.8, 4) is 5.75 Å². The lowest BCUT2D eigenvalue weighted by Gasteiger charge is -2.26. The molecule has 3 heteroatoms. The summed E-state index contributed by atoms with van der Waals surface area (Å²) < 4.78 is 6.39. The molecule has 1 fully saturated rings. The van der Waals surface area contributed by atoms with Crippen molar-refractivity contribution in [1.29, 1.82) is 0 Å². The summed E-state index contributed by atoms with van der Waals surface area (Å²) >= 11 is 3.62. The normalized spacial score (nSPS) is 25.5. The first kappa shape index (κ1) is 11.0. The first-order chi connectivity index (χ1) is 7.17. The van der Waals surface area contributed by atoms with Crippen LogP contribution in [0.15, 0.2) is 22.7 Å². The van der Waals surface area contributed by atoms with Crippen molar-refractivity contribution in [3.05, 3.63) is 28.2 Å². The van der Waals surface area contributed by atoms with Gasteiger partial charge in [0.2, 0.25) is 0 Å². The van der Waals surface area contributed by atoms with Crippen molar-refractivity contribution in [2.45, 2.75) is 25.3 Å². The van der Waals surface area contributed by atoms with E-state index in [1.807, 2.05) is 12.1 Å². The van der Waals surface area contributed by atoms with Crippen LogP contribution in [-0.2, 0) is 5.54 Å². The van der Waals surface area contributed by atoms with E-state index in [9.17, 15) is 0 Å². The molecule has 1 aliphatic heterocycles. The highest BCUT2D eigenvalue weighted by atomic mass is 79.9. The van der Waals surface area contributed by atoms with Crippen LogP contribution in [0.1, 0.15) is 25.3 Å². The largest absolute Gasteiger partial charge is 0.496 e. The zero-order valence-corrected chi connectivity index (χ0v) is 10.7. The highest BCUT2D eigenvalue weighted by Crippen LogP contribution is 2.39. The zero-order valence-electron chi connectivity index (χ0n) is 9.14. The number of hydrogen-bond acceptors (Lipinski definition) is 2. The van der Waals surface area contributed by atoms with Crippen LogP contribution in [0, 0.1) is 0 Å². The molecule has 0 bridgehead atoms. The van der Waals surface area contributed by atoms with E-state index in [1.165, 1.54) is 18.4 Å². The van der Waals surface area contributed by atoms with E-state index in [-0.39, 0.29) is 5.54 Å². The average Bonchev–Trinajstić information content (AvgIpc) is 2.66. The van der Waals surface area contributed by atoms with Crippen LogP contribution in [0.25, 0.3) is 0 Å². The minimum atomic E-state index is 0.0906. The summed E-state index contributed by atoms with van der Waals surface area (Å²) in [6.45, 7) is 3.35. The van der Waals surface area contributed by atoms with Crippen LogP contribution in [0.4, 0.5) is 0 Å². The van der Waals surface area contributed by atoms with Crippen LogP contribution in [0.5, 0.6) is 5.75 Å². The smallest absolute Gasteiger partial charge is 0.133 e. The van der Waals surface area contributed by atoms with Crippen molar-refractivity contribution in [2.75, 3.05) is 13.7 Å². The molecule has 0 aromatic heterocycles. The quantitative estimate of drug-likeness (QED) is 0.891. The standard InChI is InChI=1S/C12H16BrNO/c1-12(7-4-8-14-12)9-5-3-6-10(15-2)11(9)13/h3,5-6,14H,4,7-8H2,1-2H3. The van der Waals surface area contributed by atoms with Gasteiger partial charge >= 0.3 is 0 Å². The fourth-order valence-electron chi connectivity index (χ4n) is 2.22. The Bertz CT molecular complexity index is 359. The second-order valence-corrected chi connectivity index (χ2v) is 4.98. The Balaban J connectivity index is 2.43. The van der Waals surface area contributed by atoms with E-state index in [0.29, 0.717) is 0 Å². The molecule has 15 heavy (non-hydrogen) atoms. The fraction of sp³-hybridized carbons (Fsp3) is 0.500. The Morgan fingerprint density at radius 2 is 2.27 bits per heavy atom. The molecular formula is C12H16BrNO. The number of nitrogens with one attached hydrogen (secondary N) is 1. The van der Waals surface area contributed by atoms with E-state index in [1.54, 1.807) is 7.11 Å². The van der Waals surface area contributed by atoms with E-state index in [4.69, 9.17) is 4.74 Å². The molecule has 0 spiro atoms. The Morgan fingerprint density at radius 1 is 1.47 bits per heavy atom. The van der Waals surface area contributed by atoms with E-state index in [2.05, 4.69) is 34.2 Å². The van der Waals surface area contributed by atoms with Gasteiger partial charge in [-0.25, -0.2) is 0 Å². The molecule has 2 rings (SSSR count). The molecule has 0 radical (unpaired) electrons. The Hall–Kier alpha value is -0.540. The van der Waals surface area contributed by atoms with E-state index in [0.717, 1.165) is 16.8 Å². The topological polar surface area (TPSA) is 21.3 Å². The zero-order chi connectivity index (χ0) is 10.9. The van der Waals surface area contributed by atoms with E-state index < -0.39 is 0 Å². The highest BCUT2D eigenvalue weighted by molar-refractivity contribution is 9.10. The first-order valence-electron chi connectivity index (χ1n) is 5.25. The predicted octanol–water partition coefficient (Wildman–Crippen LogP) is 3.06. The van der Waals surface area contributed by atoms with Gasteiger partial charge < -0.3 is 10.1 Å². The number of benzene rings is 1. The highest BCUT2D eigenvalue weighted by Gasteiger charge is 2.32. The predicted molar refractivity (Wildman–Crippen MR) is 65.3 cm³/mol. The maximum absolute atomic E-state index is 5.32. The van der Waals surface area contributed by atoms with Gasteiger partial charge in [-0.15, -0.1) is 0 Å². The second kappa shape index (κ2) is 4.14. The van der Waals surface area contributed by atoms with Gasteiger partial charge in [-0.2, -0.15) is 0 Å². The number of hydrogen-bond donors (Lipinski definition) is 1. The van der Waals surface area contributed by atoms with Gasteiger partial charge in [-0.1, -0.05) is 12.1 Å². The molecule has 1 atom stereocenters. The van der Waals surface area contributed by atoms with Crippen molar-refractivity contribution >= 4 is 15.9 Å². The van der Waals surface area contributed by atoms with Gasteiger partial charge in [0.25, 0.3) is 0 Å². The lowest BCUT2D eigenvalue weighted by Crippen LogP contribution is -2.33. The molecule has 2 nitrogen and oxygen atoms in total. The minimum Gasteiger partial charge on any atom is -0.496 e. The lowest BCUT2D eigenvalue weighted by atomic mass is 9.90. The molecule has 0 aliphatic carbocycles. The monoisotopic (exact) mass is 269 g/mol. The van der Waals surface area contributed by atoms with Gasteiger partial charge in [0.05, 0.1) is 11.6 Å². The number of methoxy groups -OCH3 is 1. The van der Waals surface area contributed by atoms with Gasteiger partial charge in [-0.3, -0.25) is 0 Å². The molecule has 1 N–H and O–H groups in total. The van der Waals surface area contributed by atoms with Crippen molar-refractivity contribution in [1.82, 2.24) is 5.32 Å². The van der Waals surface area contributed by atoms with Crippen LogP contribution >= 0.6 is 15.9 Å². The molecule has 1 aromatic carbocycles. The Morgan fingerprint density at radius 3 is 2.87 bits per heavy atom. The van der Waals surface area contributed by atoms with Gasteiger partial charge in [-0.05, 0) is 53.9 Å². The summed E-state index contributed by atoms with van der Waals surface area (Å²) in [7, 11) is 1.70. The molecule has 0 amide bonds. The number of halogens is 1. The van der Waals surface area contributed by atoms with Crippen LogP contribution in [-0.4, -0.2) is 13.7 Å². The summed E-state index contributed by atoms with van der Waals surface area (Å²) in [5, 5.41) is 3.56. The molecule has 1 aromatic rings. The summed E-state index contributed by atoms with van der Waals surface area (Å²) in [4.78, 5) is 0. The van der Waals surface area contributed by atoms with Crippen molar-refractivity contribution < 1.29 is 4.74 Å². The Labute approximate surface area is 99.1 Å². The summed E-state index contributed by atoms with van der Waals surface area (Å²) in [6, 6.07) is 6.18. The van der Waals surface area contributed by atoms with Crippen molar-refractivity contribution in [2.24, 2.45) is 0 Å². The number of ether oxygens (including phenoxy) is 1. The molecule has 1 heterocycles. The molecule has 1 saturated heterocycles. The molecule has 82 valence electrons. The van der Waals surface area contributed by atoms with Gasteiger partial charge in [0, 0.05) is 5.54 Å². The third-order valence-electron chi connectivity index (χ3n) is 3.15. The molecule has 0 saturated carbocycles. The minimum absolute atomic E-state index is 0.0906. The lowest BCUT2D eigenvalue weighted by molar-refractivity contribution is 0.400. The molecule has 1 aliphatic rings.